The predicted octanol–water partition coefficient (Wildman–Crippen LogP) is 7.25. The number of phenols is 1. The van der Waals surface area contributed by atoms with E-state index in [9.17, 15) is 5.11 Å². The van der Waals surface area contributed by atoms with E-state index in [0.29, 0.717) is 6.54 Å². The smallest absolute Gasteiger partial charge is 0.180 e. The second-order valence-corrected chi connectivity index (χ2v) is 9.43. The normalized spacial score (nSPS) is 17.0. The largest absolute Gasteiger partial charge is 0.508 e. The van der Waals surface area contributed by atoms with Crippen LogP contribution in [0.4, 0.5) is 0 Å². The van der Waals surface area contributed by atoms with Gasteiger partial charge in [0.05, 0.1) is 20.3 Å². The Bertz CT molecular complexity index is 1570. The van der Waals surface area contributed by atoms with Crippen LogP contribution in [-0.4, -0.2) is 24.2 Å². The van der Waals surface area contributed by atoms with E-state index < -0.39 is 0 Å². The Balaban J connectivity index is 1.60. The summed E-state index contributed by atoms with van der Waals surface area (Å²) in [5, 5.41) is 12.5. The summed E-state index contributed by atoms with van der Waals surface area (Å²) in [5.74, 6) is 2.53. The molecule has 0 aromatic heterocycles. The molecule has 5 aromatic rings. The molecule has 6 rings (SSSR count). The summed E-state index contributed by atoms with van der Waals surface area (Å²) in [6.07, 6.45) is -0.351. The molecule has 5 heteroatoms. The summed E-state index contributed by atoms with van der Waals surface area (Å²) < 4.78 is 18.0. The van der Waals surface area contributed by atoms with Crippen molar-refractivity contribution in [3.05, 3.63) is 131 Å². The molecule has 1 heterocycles. The number of phenolic OH excluding ortho intramolecular Hbond substituents is 1. The molecule has 0 spiro atoms. The van der Waals surface area contributed by atoms with Gasteiger partial charge in [0.2, 0.25) is 0 Å². The summed E-state index contributed by atoms with van der Waals surface area (Å²) in [6, 6.07) is 36.1. The Morgan fingerprint density at radius 1 is 0.763 bits per heavy atom. The zero-order valence-corrected chi connectivity index (χ0v) is 21.4. The molecule has 0 aliphatic carbocycles. The molecule has 1 aliphatic heterocycles. The van der Waals surface area contributed by atoms with Crippen LogP contribution in [0.15, 0.2) is 109 Å². The van der Waals surface area contributed by atoms with E-state index >= 15 is 0 Å². The van der Waals surface area contributed by atoms with Crippen LogP contribution < -0.4 is 14.2 Å². The molecule has 1 aliphatic rings. The summed E-state index contributed by atoms with van der Waals surface area (Å²) in [6.45, 7) is 0.556. The molecule has 38 heavy (non-hydrogen) atoms. The fourth-order valence-electron chi connectivity index (χ4n) is 5.41. The zero-order valence-electron chi connectivity index (χ0n) is 21.4. The Labute approximate surface area is 222 Å². The molecule has 2 unspecified atom stereocenters. The van der Waals surface area contributed by atoms with Gasteiger partial charge in [-0.1, -0.05) is 78.9 Å². The van der Waals surface area contributed by atoms with Gasteiger partial charge in [0, 0.05) is 29.3 Å². The SMILES string of the molecule is COc1ccc(CN2C(c3ccccc3)Oc3ccc4ccc(O)cc4c3C2c2ccccc2)c(OC)c1. The van der Waals surface area contributed by atoms with Gasteiger partial charge in [0.25, 0.3) is 0 Å². The lowest BCUT2D eigenvalue weighted by molar-refractivity contribution is -0.0255. The van der Waals surface area contributed by atoms with Gasteiger partial charge in [-0.2, -0.15) is 0 Å². The highest BCUT2D eigenvalue weighted by Gasteiger charge is 2.39. The fourth-order valence-corrected chi connectivity index (χ4v) is 5.41. The molecule has 0 saturated carbocycles. The summed E-state index contributed by atoms with van der Waals surface area (Å²) >= 11 is 0. The zero-order chi connectivity index (χ0) is 26.1. The third-order valence-corrected chi connectivity index (χ3v) is 7.20. The molecule has 2 atom stereocenters. The lowest BCUT2D eigenvalue weighted by Crippen LogP contribution is -2.40. The Hall–Kier alpha value is -4.48. The van der Waals surface area contributed by atoms with Crippen molar-refractivity contribution < 1.29 is 19.3 Å². The van der Waals surface area contributed by atoms with E-state index in [4.69, 9.17) is 14.2 Å². The van der Waals surface area contributed by atoms with Crippen molar-refractivity contribution in [1.29, 1.82) is 0 Å². The van der Waals surface area contributed by atoms with Crippen LogP contribution in [0, 0.1) is 0 Å². The monoisotopic (exact) mass is 503 g/mol. The van der Waals surface area contributed by atoms with Gasteiger partial charge in [-0.25, -0.2) is 4.90 Å². The van der Waals surface area contributed by atoms with Crippen LogP contribution in [0.2, 0.25) is 0 Å². The van der Waals surface area contributed by atoms with Gasteiger partial charge in [-0.3, -0.25) is 0 Å². The van der Waals surface area contributed by atoms with E-state index in [-0.39, 0.29) is 18.0 Å². The third kappa shape index (κ3) is 4.31. The average Bonchev–Trinajstić information content (AvgIpc) is 2.97. The van der Waals surface area contributed by atoms with Crippen molar-refractivity contribution in [2.45, 2.75) is 18.8 Å². The number of hydrogen-bond acceptors (Lipinski definition) is 5. The maximum atomic E-state index is 10.5. The molecule has 0 saturated heterocycles. The minimum Gasteiger partial charge on any atom is -0.508 e. The van der Waals surface area contributed by atoms with Crippen LogP contribution in [-0.2, 0) is 6.54 Å². The second kappa shape index (κ2) is 10.1. The highest BCUT2D eigenvalue weighted by Crippen LogP contribution is 2.49. The predicted molar refractivity (Wildman–Crippen MR) is 149 cm³/mol. The quantitative estimate of drug-likeness (QED) is 0.265. The molecule has 5 aromatic carbocycles. The first-order valence-corrected chi connectivity index (χ1v) is 12.6. The first kappa shape index (κ1) is 23.9. The summed E-state index contributed by atoms with van der Waals surface area (Å²) in [5.41, 5.74) is 4.25. The van der Waals surface area contributed by atoms with Crippen LogP contribution >= 0.6 is 0 Å². The molecule has 190 valence electrons. The van der Waals surface area contributed by atoms with Crippen molar-refractivity contribution in [2.24, 2.45) is 0 Å². The minimum atomic E-state index is -0.351. The highest BCUT2D eigenvalue weighted by atomic mass is 16.5. The molecular formula is C33H29NO4. The summed E-state index contributed by atoms with van der Waals surface area (Å²) in [7, 11) is 3.33. The third-order valence-electron chi connectivity index (χ3n) is 7.20. The lowest BCUT2D eigenvalue weighted by Gasteiger charge is -2.44. The number of ether oxygens (including phenoxy) is 3. The van der Waals surface area contributed by atoms with Gasteiger partial charge < -0.3 is 19.3 Å². The van der Waals surface area contributed by atoms with Gasteiger partial charge in [0.15, 0.2) is 6.23 Å². The fraction of sp³-hybridized carbons (Fsp3) is 0.152. The molecule has 1 N–H and O–H groups in total. The average molecular weight is 504 g/mol. The number of benzene rings is 5. The highest BCUT2D eigenvalue weighted by molar-refractivity contribution is 5.90. The van der Waals surface area contributed by atoms with Crippen molar-refractivity contribution in [2.75, 3.05) is 14.2 Å². The number of methoxy groups -OCH3 is 2. The van der Waals surface area contributed by atoms with Crippen LogP contribution in [0.5, 0.6) is 23.0 Å². The number of hydrogen-bond donors (Lipinski definition) is 1. The van der Waals surface area contributed by atoms with E-state index in [1.807, 2.05) is 60.7 Å². The van der Waals surface area contributed by atoms with E-state index in [2.05, 4.69) is 47.4 Å². The Morgan fingerprint density at radius 3 is 2.18 bits per heavy atom. The number of aromatic hydroxyl groups is 1. The molecule has 5 nitrogen and oxygen atoms in total. The van der Waals surface area contributed by atoms with Crippen molar-refractivity contribution in [3.8, 4) is 23.0 Å². The standard InChI is InChI=1S/C33H29NO4/c1-36-27-17-14-25(30(20-27)37-2)21-34-32(23-9-5-3-6-10-23)31-28-19-26(35)16-13-22(28)15-18-29(31)38-33(34)24-11-7-4-8-12-24/h3-20,32-33,35H,21H2,1-2H3. The topological polar surface area (TPSA) is 51.2 Å². The van der Waals surface area contributed by atoms with Gasteiger partial charge in [-0.15, -0.1) is 0 Å². The Morgan fingerprint density at radius 2 is 1.47 bits per heavy atom. The lowest BCUT2D eigenvalue weighted by atomic mass is 9.89. The Kier molecular flexibility index (Phi) is 6.36. The molecular weight excluding hydrogens is 474 g/mol. The van der Waals surface area contributed by atoms with E-state index in [0.717, 1.165) is 50.3 Å². The first-order chi connectivity index (χ1) is 18.7. The van der Waals surface area contributed by atoms with Crippen LogP contribution in [0.25, 0.3) is 10.8 Å². The summed E-state index contributed by atoms with van der Waals surface area (Å²) in [4.78, 5) is 2.36. The molecule has 0 fully saturated rings. The molecule has 0 radical (unpaired) electrons. The van der Waals surface area contributed by atoms with Gasteiger partial charge in [-0.05, 0) is 40.6 Å². The first-order valence-electron chi connectivity index (χ1n) is 12.6. The second-order valence-electron chi connectivity index (χ2n) is 9.43. The maximum absolute atomic E-state index is 10.5. The van der Waals surface area contributed by atoms with Gasteiger partial charge in [0.1, 0.15) is 23.0 Å². The number of nitrogens with zero attached hydrogens (tertiary/aromatic N) is 1. The molecule has 0 amide bonds. The van der Waals surface area contributed by atoms with Crippen molar-refractivity contribution >= 4 is 10.8 Å². The van der Waals surface area contributed by atoms with E-state index in [1.54, 1.807) is 20.3 Å². The number of rotatable bonds is 6. The van der Waals surface area contributed by atoms with Crippen molar-refractivity contribution in [3.63, 3.8) is 0 Å². The van der Waals surface area contributed by atoms with E-state index in [1.165, 1.54) is 0 Å². The van der Waals surface area contributed by atoms with Crippen LogP contribution in [0.3, 0.4) is 0 Å². The van der Waals surface area contributed by atoms with Crippen molar-refractivity contribution in [1.82, 2.24) is 4.90 Å². The maximum Gasteiger partial charge on any atom is 0.180 e. The minimum absolute atomic E-state index is 0.150. The molecule has 0 bridgehead atoms. The van der Waals surface area contributed by atoms with Crippen LogP contribution in [0.1, 0.15) is 34.5 Å². The van der Waals surface area contributed by atoms with Gasteiger partial charge >= 0.3 is 0 Å². The number of fused-ring (bicyclic) bond motifs is 3.